The number of carbonyl (C=O) groups excluding carboxylic acids is 1. The van der Waals surface area contributed by atoms with Crippen LogP contribution in [0.1, 0.15) is 36.9 Å². The zero-order chi connectivity index (χ0) is 18.7. The number of nitrogens with two attached hydrogens (primary N) is 1. The Bertz CT molecular complexity index is 764. The molecule has 9 heteroatoms. The summed E-state index contributed by atoms with van der Waals surface area (Å²) in [6, 6.07) is 5.01. The number of aromatic nitrogens is 1. The second-order valence-corrected chi connectivity index (χ2v) is 7.41. The zero-order valence-electron chi connectivity index (χ0n) is 14.5. The van der Waals surface area contributed by atoms with Gasteiger partial charge in [-0.25, -0.2) is 4.98 Å². The molecule has 1 fully saturated rings. The number of thiazole rings is 1. The van der Waals surface area contributed by atoms with Gasteiger partial charge in [-0.2, -0.15) is 13.2 Å². The van der Waals surface area contributed by atoms with E-state index in [4.69, 9.17) is 5.73 Å². The lowest BCUT2D eigenvalue weighted by Crippen LogP contribution is -2.31. The average molecular weight is 420 g/mol. The summed E-state index contributed by atoms with van der Waals surface area (Å²) >= 11 is 1.34. The van der Waals surface area contributed by atoms with Crippen molar-refractivity contribution in [2.24, 2.45) is 11.7 Å². The molecule has 0 spiro atoms. The first-order chi connectivity index (χ1) is 12.3. The Morgan fingerprint density at radius 1 is 1.26 bits per heavy atom. The molecular formula is C18H21ClF3N3OS. The zero-order valence-corrected chi connectivity index (χ0v) is 16.1. The van der Waals surface area contributed by atoms with Crippen LogP contribution in [0.3, 0.4) is 0 Å². The number of nitrogens with zero attached hydrogens (tertiary/aromatic N) is 1. The number of hydrogen-bond acceptors (Lipinski definition) is 4. The second kappa shape index (κ2) is 9.03. The first kappa shape index (κ1) is 21.7. The Labute approximate surface area is 165 Å². The van der Waals surface area contributed by atoms with E-state index < -0.39 is 11.7 Å². The van der Waals surface area contributed by atoms with E-state index in [9.17, 15) is 18.0 Å². The van der Waals surface area contributed by atoms with E-state index in [1.165, 1.54) is 23.5 Å². The summed E-state index contributed by atoms with van der Waals surface area (Å²) in [5.74, 6) is 0.199. The molecule has 1 aromatic heterocycles. The van der Waals surface area contributed by atoms with Crippen molar-refractivity contribution in [1.29, 1.82) is 0 Å². The van der Waals surface area contributed by atoms with Crippen LogP contribution in [0.5, 0.6) is 0 Å². The van der Waals surface area contributed by atoms with Crippen LogP contribution >= 0.6 is 23.7 Å². The predicted octanol–water partition coefficient (Wildman–Crippen LogP) is 4.38. The van der Waals surface area contributed by atoms with Crippen LogP contribution in [-0.2, 0) is 17.5 Å². The highest BCUT2D eigenvalue weighted by Gasteiger charge is 2.30. The lowest BCUT2D eigenvalue weighted by Gasteiger charge is -2.14. The van der Waals surface area contributed by atoms with E-state index >= 15 is 0 Å². The van der Waals surface area contributed by atoms with E-state index in [2.05, 4.69) is 10.3 Å². The van der Waals surface area contributed by atoms with Crippen LogP contribution in [0.4, 0.5) is 13.2 Å². The van der Waals surface area contributed by atoms with E-state index in [1.807, 2.05) is 0 Å². The van der Waals surface area contributed by atoms with Gasteiger partial charge in [0.2, 0.25) is 5.91 Å². The van der Waals surface area contributed by atoms with Gasteiger partial charge in [-0.15, -0.1) is 23.7 Å². The molecule has 0 saturated heterocycles. The summed E-state index contributed by atoms with van der Waals surface area (Å²) in [5.41, 5.74) is 6.61. The van der Waals surface area contributed by atoms with Gasteiger partial charge in [0.1, 0.15) is 5.01 Å². The van der Waals surface area contributed by atoms with Crippen LogP contribution in [0, 0.1) is 5.92 Å². The van der Waals surface area contributed by atoms with Crippen LogP contribution < -0.4 is 11.1 Å². The van der Waals surface area contributed by atoms with Crippen LogP contribution in [0.2, 0.25) is 0 Å². The lowest BCUT2D eigenvalue weighted by molar-refractivity contribution is -0.137. The minimum atomic E-state index is -4.35. The summed E-state index contributed by atoms with van der Waals surface area (Å²) in [5, 5.41) is 5.27. The smallest absolute Gasteiger partial charge is 0.350 e. The number of rotatable bonds is 5. The standard InChI is InChI=1S/C18H20F3N3OS.ClH/c19-18(20,21)13-6-4-11(5-7-13)17-24-14(10-26-17)9-23-16(25)8-12-2-1-3-15(12)22;/h4-7,10,12,15H,1-3,8-9,22H2,(H,23,25);1H/t12-,15+;/m0./s1. The maximum absolute atomic E-state index is 12.6. The molecule has 0 radical (unpaired) electrons. The Morgan fingerprint density at radius 2 is 1.96 bits per heavy atom. The molecule has 2 aromatic rings. The van der Waals surface area contributed by atoms with Gasteiger partial charge in [-0.3, -0.25) is 4.79 Å². The SMILES string of the molecule is Cl.N[C@@H]1CCC[C@H]1CC(=O)NCc1csc(-c2ccc(C(F)(F)F)cc2)n1. The van der Waals surface area contributed by atoms with Crippen LogP contribution in [0.25, 0.3) is 10.6 Å². The molecule has 0 aliphatic heterocycles. The molecule has 1 saturated carbocycles. The van der Waals surface area contributed by atoms with Crippen molar-refractivity contribution >= 4 is 29.7 Å². The number of halogens is 4. The van der Waals surface area contributed by atoms with Crippen LogP contribution in [-0.4, -0.2) is 16.9 Å². The van der Waals surface area contributed by atoms with Gasteiger partial charge in [0.25, 0.3) is 0 Å². The van der Waals surface area contributed by atoms with Gasteiger partial charge in [-0.05, 0) is 30.9 Å². The molecule has 3 N–H and O–H groups in total. The molecule has 0 bridgehead atoms. The Hall–Kier alpha value is -1.64. The van der Waals surface area contributed by atoms with E-state index in [1.54, 1.807) is 5.38 Å². The maximum Gasteiger partial charge on any atom is 0.416 e. The number of carbonyl (C=O) groups is 1. The van der Waals surface area contributed by atoms with Gasteiger partial charge in [0.05, 0.1) is 17.8 Å². The molecule has 4 nitrogen and oxygen atoms in total. The Balaban J connectivity index is 0.00000261. The molecule has 1 amide bonds. The quantitative estimate of drug-likeness (QED) is 0.755. The van der Waals surface area contributed by atoms with Gasteiger partial charge in [0, 0.05) is 23.4 Å². The molecule has 27 heavy (non-hydrogen) atoms. The highest BCUT2D eigenvalue weighted by atomic mass is 35.5. The normalized spacial score (nSPS) is 19.6. The summed E-state index contributed by atoms with van der Waals surface area (Å²) in [6.07, 6.45) is -0.888. The van der Waals surface area contributed by atoms with Crippen molar-refractivity contribution in [3.8, 4) is 10.6 Å². The third kappa shape index (κ3) is 5.67. The molecule has 1 heterocycles. The summed E-state index contributed by atoms with van der Waals surface area (Å²) < 4.78 is 37.8. The van der Waals surface area contributed by atoms with E-state index in [0.717, 1.165) is 31.4 Å². The lowest BCUT2D eigenvalue weighted by atomic mass is 10.00. The third-order valence-electron chi connectivity index (χ3n) is 4.64. The predicted molar refractivity (Wildman–Crippen MR) is 102 cm³/mol. The summed E-state index contributed by atoms with van der Waals surface area (Å²) in [6.45, 7) is 0.303. The van der Waals surface area contributed by atoms with Gasteiger partial charge < -0.3 is 11.1 Å². The largest absolute Gasteiger partial charge is 0.416 e. The topological polar surface area (TPSA) is 68.0 Å². The van der Waals surface area contributed by atoms with E-state index in [-0.39, 0.29) is 30.3 Å². The Kier molecular flexibility index (Phi) is 7.25. The van der Waals surface area contributed by atoms with Crippen molar-refractivity contribution in [2.45, 2.75) is 44.4 Å². The highest BCUT2D eigenvalue weighted by molar-refractivity contribution is 7.13. The number of alkyl halides is 3. The molecule has 3 rings (SSSR count). The van der Waals surface area contributed by atoms with Crippen molar-refractivity contribution in [2.75, 3.05) is 0 Å². The number of nitrogens with one attached hydrogen (secondary N) is 1. The maximum atomic E-state index is 12.6. The molecule has 2 atom stereocenters. The fourth-order valence-corrected chi connectivity index (χ4v) is 3.97. The fourth-order valence-electron chi connectivity index (χ4n) is 3.14. The van der Waals surface area contributed by atoms with Crippen molar-refractivity contribution in [1.82, 2.24) is 10.3 Å². The third-order valence-corrected chi connectivity index (χ3v) is 5.58. The summed E-state index contributed by atoms with van der Waals surface area (Å²) in [7, 11) is 0. The molecule has 1 aromatic carbocycles. The number of amides is 1. The van der Waals surface area contributed by atoms with Gasteiger partial charge >= 0.3 is 6.18 Å². The minimum Gasteiger partial charge on any atom is -0.350 e. The number of hydrogen-bond donors (Lipinski definition) is 2. The molecular weight excluding hydrogens is 399 g/mol. The molecule has 0 unspecified atom stereocenters. The first-order valence-electron chi connectivity index (χ1n) is 8.47. The highest BCUT2D eigenvalue weighted by Crippen LogP contribution is 2.32. The minimum absolute atomic E-state index is 0. The Morgan fingerprint density at radius 3 is 2.56 bits per heavy atom. The molecule has 148 valence electrons. The number of benzene rings is 1. The van der Waals surface area contributed by atoms with Crippen LogP contribution in [0.15, 0.2) is 29.6 Å². The average Bonchev–Trinajstić information content (AvgIpc) is 3.22. The molecule has 1 aliphatic rings. The first-order valence-corrected chi connectivity index (χ1v) is 9.35. The van der Waals surface area contributed by atoms with Crippen molar-refractivity contribution < 1.29 is 18.0 Å². The van der Waals surface area contributed by atoms with Gasteiger partial charge in [-0.1, -0.05) is 18.6 Å². The van der Waals surface area contributed by atoms with Crippen molar-refractivity contribution in [3.05, 3.63) is 40.9 Å². The van der Waals surface area contributed by atoms with Gasteiger partial charge in [0.15, 0.2) is 0 Å². The second-order valence-electron chi connectivity index (χ2n) is 6.55. The van der Waals surface area contributed by atoms with Crippen molar-refractivity contribution in [3.63, 3.8) is 0 Å². The van der Waals surface area contributed by atoms with E-state index in [0.29, 0.717) is 29.2 Å². The summed E-state index contributed by atoms with van der Waals surface area (Å²) in [4.78, 5) is 16.4. The monoisotopic (exact) mass is 419 g/mol. The fraction of sp³-hybridized carbons (Fsp3) is 0.444. The molecule has 1 aliphatic carbocycles.